The van der Waals surface area contributed by atoms with Gasteiger partial charge < -0.3 is 24.8 Å². The Morgan fingerprint density at radius 3 is 2.51 bits per heavy atom. The molecule has 1 aliphatic rings. The topological polar surface area (TPSA) is 174 Å². The van der Waals surface area contributed by atoms with Crippen LogP contribution >= 0.6 is 8.23 Å². The summed E-state index contributed by atoms with van der Waals surface area (Å²) in [5, 5.41) is 15.9. The predicted molar refractivity (Wildman–Crippen MR) is 219 cm³/mol. The van der Waals surface area contributed by atoms with E-state index in [9.17, 15) is 13.8 Å². The fourth-order valence-corrected chi connectivity index (χ4v) is 6.70. The number of hydrazine groups is 1. The van der Waals surface area contributed by atoms with E-state index in [1.54, 1.807) is 48.7 Å². The molecule has 4 aromatic carbocycles. The third-order valence-electron chi connectivity index (χ3n) is 9.18. The molecule has 0 aliphatic carbocycles. The Kier molecular flexibility index (Phi) is 12.2. The van der Waals surface area contributed by atoms with Gasteiger partial charge in [0.25, 0.3) is 5.91 Å². The molecule has 0 bridgehead atoms. The number of methoxy groups -OCH3 is 1. The van der Waals surface area contributed by atoms with Gasteiger partial charge in [0.05, 0.1) is 38.2 Å². The standard InChI is InChI=1S/C40H42FN10O5P/c1-26-8-10-29(11-9-26)51-35(25-37(48-51)57(3)41)46-40(53)45-33-12-13-34(32-7-5-4-6-31(32)33)56-36-14-15-43-39(47-36)44-28-22-27(23-30(24-28)54-2)38(52)50(42)17-16-49-18-20-55-21-19-49/h4-15,22-25H,16-21,42H2,1-3H3,(H,43,44,47)(H2,45,46,53). The van der Waals surface area contributed by atoms with Gasteiger partial charge in [0.2, 0.25) is 11.8 Å². The molecule has 1 fully saturated rings. The second-order valence-corrected chi connectivity index (χ2v) is 14.6. The number of hydrogen-bond acceptors (Lipinski definition) is 11. The lowest BCUT2D eigenvalue weighted by molar-refractivity contribution is 0.0324. The number of nitrogens with one attached hydrogen (secondary N) is 3. The van der Waals surface area contributed by atoms with Crippen molar-refractivity contribution >= 4 is 59.5 Å². The summed E-state index contributed by atoms with van der Waals surface area (Å²) in [5.74, 6) is 7.54. The molecule has 1 saturated heterocycles. The fraction of sp³-hybridized carbons (Fsp3) is 0.225. The zero-order chi connectivity index (χ0) is 39.9. The number of nitrogens with two attached hydrogens (primary N) is 1. The largest absolute Gasteiger partial charge is 0.497 e. The molecular weight excluding hydrogens is 750 g/mol. The van der Waals surface area contributed by atoms with E-state index in [1.807, 2.05) is 55.5 Å². The van der Waals surface area contributed by atoms with Crippen LogP contribution in [0.5, 0.6) is 17.4 Å². The lowest BCUT2D eigenvalue weighted by Gasteiger charge is -2.28. The highest BCUT2D eigenvalue weighted by Crippen LogP contribution is 2.35. The Bertz CT molecular complexity index is 2370. The van der Waals surface area contributed by atoms with Crippen LogP contribution < -0.4 is 36.7 Å². The van der Waals surface area contributed by atoms with Crippen molar-refractivity contribution in [2.24, 2.45) is 5.84 Å². The van der Waals surface area contributed by atoms with E-state index in [0.29, 0.717) is 77.0 Å². The number of urea groups is 1. The molecule has 2 aromatic heterocycles. The Hall–Kier alpha value is -6.19. The van der Waals surface area contributed by atoms with E-state index in [0.717, 1.165) is 18.7 Å². The number of ether oxygens (including phenoxy) is 3. The minimum absolute atomic E-state index is 0.215. The summed E-state index contributed by atoms with van der Waals surface area (Å²) in [7, 11) is -0.479. The molecule has 294 valence electrons. The number of halogens is 1. The lowest BCUT2D eigenvalue weighted by Crippen LogP contribution is -2.45. The molecular formula is C40H42FN10O5P. The average Bonchev–Trinajstić information content (AvgIpc) is 3.65. The molecule has 0 spiro atoms. The van der Waals surface area contributed by atoms with Crippen LogP contribution in [0.4, 0.5) is 32.1 Å². The highest BCUT2D eigenvalue weighted by molar-refractivity contribution is 7.59. The number of hydrogen-bond donors (Lipinski definition) is 4. The molecule has 3 heterocycles. The molecule has 1 aliphatic heterocycles. The van der Waals surface area contributed by atoms with E-state index in [2.05, 4.69) is 35.9 Å². The van der Waals surface area contributed by atoms with Crippen LogP contribution in [0.2, 0.25) is 0 Å². The number of carbonyl (C=O) groups is 2. The maximum Gasteiger partial charge on any atom is 0.324 e. The molecule has 6 aromatic rings. The van der Waals surface area contributed by atoms with Gasteiger partial charge in [-0.05, 0) is 50.0 Å². The number of aromatic nitrogens is 4. The minimum Gasteiger partial charge on any atom is -0.497 e. The van der Waals surface area contributed by atoms with Gasteiger partial charge in [-0.3, -0.25) is 20.0 Å². The van der Waals surface area contributed by atoms with Crippen molar-refractivity contribution in [3.63, 3.8) is 0 Å². The first kappa shape index (κ1) is 39.1. The summed E-state index contributed by atoms with van der Waals surface area (Å²) in [6.07, 6.45) is 1.55. The first-order valence-corrected chi connectivity index (χ1v) is 19.8. The smallest absolute Gasteiger partial charge is 0.324 e. The molecule has 57 heavy (non-hydrogen) atoms. The summed E-state index contributed by atoms with van der Waals surface area (Å²) in [6, 6.07) is 26.1. The Labute approximate surface area is 329 Å². The van der Waals surface area contributed by atoms with Gasteiger partial charge in [-0.2, -0.15) is 10.1 Å². The third kappa shape index (κ3) is 9.62. The van der Waals surface area contributed by atoms with E-state index in [4.69, 9.17) is 20.1 Å². The Morgan fingerprint density at radius 1 is 0.982 bits per heavy atom. The van der Waals surface area contributed by atoms with E-state index in [1.165, 1.54) is 23.5 Å². The van der Waals surface area contributed by atoms with Gasteiger partial charge in [-0.25, -0.2) is 24.5 Å². The number of amides is 3. The monoisotopic (exact) mass is 792 g/mol. The molecule has 1 atom stereocenters. The molecule has 1 unspecified atom stereocenters. The number of aryl methyl sites for hydroxylation is 1. The summed E-state index contributed by atoms with van der Waals surface area (Å²) < 4.78 is 33.0. The first-order valence-electron chi connectivity index (χ1n) is 18.1. The SMILES string of the molecule is COc1cc(Nc2nccc(Oc3ccc(NC(=O)Nc4cc(P(C)F)nn4-c4ccc(C)cc4)c4ccccc34)n2)cc(C(=O)N(N)CCN2CCOCC2)c1. The number of fused-ring (bicyclic) bond motifs is 1. The number of rotatable bonds is 13. The second-order valence-electron chi connectivity index (χ2n) is 13.2. The van der Waals surface area contributed by atoms with Crippen LogP contribution in [-0.4, -0.2) is 94.8 Å². The fourth-order valence-electron chi connectivity index (χ4n) is 6.19. The van der Waals surface area contributed by atoms with E-state index >= 15 is 0 Å². The van der Waals surface area contributed by atoms with Crippen molar-refractivity contribution in [1.82, 2.24) is 29.7 Å². The molecule has 3 amide bonds. The van der Waals surface area contributed by atoms with Crippen molar-refractivity contribution in [3.8, 4) is 23.1 Å². The summed E-state index contributed by atoms with van der Waals surface area (Å²) in [4.78, 5) is 37.8. The van der Waals surface area contributed by atoms with Crippen molar-refractivity contribution < 1.29 is 28.0 Å². The molecule has 5 N–H and O–H groups in total. The maximum atomic E-state index is 14.4. The van der Waals surface area contributed by atoms with Gasteiger partial charge in [0, 0.05) is 66.1 Å². The maximum absolute atomic E-state index is 14.4. The van der Waals surface area contributed by atoms with Crippen molar-refractivity contribution in [2.75, 3.05) is 69.1 Å². The van der Waals surface area contributed by atoms with Gasteiger partial charge in [0.15, 0.2) is 0 Å². The number of carbonyl (C=O) groups excluding carboxylic acids is 2. The molecule has 15 nitrogen and oxygen atoms in total. The Morgan fingerprint density at radius 2 is 1.75 bits per heavy atom. The van der Waals surface area contributed by atoms with Gasteiger partial charge in [-0.1, -0.05) is 42.0 Å². The van der Waals surface area contributed by atoms with Gasteiger partial charge >= 0.3 is 6.03 Å². The third-order valence-corrected chi connectivity index (χ3v) is 10.0. The number of morpholine rings is 1. The van der Waals surface area contributed by atoms with Crippen molar-refractivity contribution in [2.45, 2.75) is 6.92 Å². The zero-order valence-electron chi connectivity index (χ0n) is 31.6. The molecule has 0 radical (unpaired) electrons. The van der Waals surface area contributed by atoms with E-state index < -0.39 is 14.3 Å². The predicted octanol–water partition coefficient (Wildman–Crippen LogP) is 6.58. The number of nitrogens with zero attached hydrogens (tertiary/aromatic N) is 6. The van der Waals surface area contributed by atoms with Crippen LogP contribution in [0.3, 0.4) is 0 Å². The quantitative estimate of drug-likeness (QED) is 0.0431. The summed E-state index contributed by atoms with van der Waals surface area (Å²) >= 11 is 0. The van der Waals surface area contributed by atoms with Crippen LogP contribution in [0.15, 0.2) is 97.2 Å². The van der Waals surface area contributed by atoms with Crippen molar-refractivity contribution in [1.29, 1.82) is 0 Å². The average molecular weight is 793 g/mol. The van der Waals surface area contributed by atoms with Gasteiger partial charge in [0.1, 0.15) is 31.0 Å². The van der Waals surface area contributed by atoms with Crippen LogP contribution in [0, 0.1) is 6.92 Å². The zero-order valence-corrected chi connectivity index (χ0v) is 32.5. The summed E-state index contributed by atoms with van der Waals surface area (Å²) in [5.41, 5.74) is 3.36. The number of anilines is 4. The van der Waals surface area contributed by atoms with Crippen molar-refractivity contribution in [3.05, 3.63) is 108 Å². The van der Waals surface area contributed by atoms with Crippen LogP contribution in [0.25, 0.3) is 16.5 Å². The highest BCUT2D eigenvalue weighted by atomic mass is 31.2. The summed E-state index contributed by atoms with van der Waals surface area (Å²) in [6.45, 7) is 7.33. The molecule has 7 rings (SSSR count). The normalized spacial score (nSPS) is 13.5. The van der Waals surface area contributed by atoms with Crippen LogP contribution in [-0.2, 0) is 4.74 Å². The molecule has 0 saturated carbocycles. The lowest BCUT2D eigenvalue weighted by atomic mass is 10.1. The second kappa shape index (κ2) is 17.7. The minimum atomic E-state index is -1.99. The number of benzene rings is 4. The highest BCUT2D eigenvalue weighted by Gasteiger charge is 2.20. The Balaban J connectivity index is 1.05. The van der Waals surface area contributed by atoms with Crippen LogP contribution in [0.1, 0.15) is 15.9 Å². The van der Waals surface area contributed by atoms with Gasteiger partial charge in [-0.15, -0.1) is 0 Å². The first-order chi connectivity index (χ1) is 27.6. The molecule has 17 heteroatoms. The van der Waals surface area contributed by atoms with E-state index in [-0.39, 0.29) is 23.2 Å².